The van der Waals surface area contributed by atoms with Crippen molar-refractivity contribution in [1.29, 1.82) is 0 Å². The number of benzene rings is 1. The van der Waals surface area contributed by atoms with E-state index < -0.39 is 5.97 Å². The molecule has 29 heavy (non-hydrogen) atoms. The third-order valence-corrected chi connectivity index (χ3v) is 4.58. The minimum Gasteiger partial charge on any atom is -0.493 e. The highest BCUT2D eigenvalue weighted by Crippen LogP contribution is 2.24. The van der Waals surface area contributed by atoms with Gasteiger partial charge < -0.3 is 18.8 Å². The summed E-state index contributed by atoms with van der Waals surface area (Å²) in [4.78, 5) is 27.1. The fourth-order valence-corrected chi connectivity index (χ4v) is 3.10. The first-order valence-electron chi connectivity index (χ1n) is 8.90. The zero-order valence-corrected chi connectivity index (χ0v) is 17.3. The second-order valence-electron chi connectivity index (χ2n) is 6.07. The fourth-order valence-electron chi connectivity index (χ4n) is 2.73. The number of pyridine rings is 1. The van der Waals surface area contributed by atoms with Crippen molar-refractivity contribution < 1.29 is 19.1 Å². The van der Waals surface area contributed by atoms with Crippen LogP contribution in [0.2, 0.25) is 0 Å². The van der Waals surface area contributed by atoms with Crippen molar-refractivity contribution in [1.82, 2.24) is 19.7 Å². The van der Waals surface area contributed by atoms with Gasteiger partial charge in [0.25, 0.3) is 0 Å². The van der Waals surface area contributed by atoms with E-state index in [4.69, 9.17) is 9.47 Å². The maximum absolute atomic E-state index is 11.9. The first-order valence-corrected chi connectivity index (χ1v) is 9.70. The maximum atomic E-state index is 11.9. The number of halogens is 1. The number of esters is 1. The molecule has 2 aromatic heterocycles. The highest BCUT2D eigenvalue weighted by Gasteiger charge is 2.14. The summed E-state index contributed by atoms with van der Waals surface area (Å²) in [6, 6.07) is 10.7. The van der Waals surface area contributed by atoms with Gasteiger partial charge in [0.15, 0.2) is 5.82 Å². The predicted octanol–water partition coefficient (Wildman–Crippen LogP) is 3.10. The fraction of sp³-hybridized carbons (Fsp3) is 0.250. The van der Waals surface area contributed by atoms with Crippen LogP contribution in [0.15, 0.2) is 47.2 Å². The average molecular weight is 459 g/mol. The molecule has 3 aromatic rings. The van der Waals surface area contributed by atoms with Gasteiger partial charge in [0.1, 0.15) is 29.6 Å². The maximum Gasteiger partial charge on any atom is 0.341 e. The van der Waals surface area contributed by atoms with Gasteiger partial charge in [0, 0.05) is 23.1 Å². The van der Waals surface area contributed by atoms with E-state index in [2.05, 4.69) is 31.1 Å². The Balaban J connectivity index is 1.63. The lowest BCUT2D eigenvalue weighted by atomic mass is 10.2. The number of carbonyl (C=O) groups is 2. The van der Waals surface area contributed by atoms with Crippen LogP contribution in [-0.4, -0.2) is 45.7 Å². The molecular formula is C20H19BrN4O4. The van der Waals surface area contributed by atoms with Crippen molar-refractivity contribution in [3.05, 3.63) is 58.5 Å². The average Bonchev–Trinajstić information content (AvgIpc) is 3.20. The highest BCUT2D eigenvalue weighted by molar-refractivity contribution is 9.10. The third kappa shape index (κ3) is 5.26. The predicted molar refractivity (Wildman–Crippen MR) is 109 cm³/mol. The Kier molecular flexibility index (Phi) is 7.07. The summed E-state index contributed by atoms with van der Waals surface area (Å²) >= 11 is 3.34. The molecule has 150 valence electrons. The molecule has 1 aromatic carbocycles. The van der Waals surface area contributed by atoms with E-state index >= 15 is 0 Å². The minimum absolute atomic E-state index is 0.255. The molecule has 0 spiro atoms. The first kappa shape index (κ1) is 20.7. The molecule has 8 nitrogen and oxygen atoms in total. The number of methoxy groups -OCH3 is 1. The molecule has 0 radical (unpaired) electrons. The Labute approximate surface area is 176 Å². The minimum atomic E-state index is -0.455. The zero-order chi connectivity index (χ0) is 20.6. The highest BCUT2D eigenvalue weighted by atomic mass is 79.9. The summed E-state index contributed by atoms with van der Waals surface area (Å²) in [6.45, 7) is 0.994. The Bertz CT molecular complexity index is 1010. The van der Waals surface area contributed by atoms with Crippen molar-refractivity contribution in [2.24, 2.45) is 0 Å². The first-order chi connectivity index (χ1) is 14.1. The lowest BCUT2D eigenvalue weighted by molar-refractivity contribution is -0.107. The number of aromatic nitrogens is 4. The standard InChI is InChI=1S/C20H19BrN4O4/c1-28-20(27)16-12-14(21)6-7-18(16)29-11-3-9-25-13-22-24-19(25)17-5-2-4-15(23-17)8-10-26/h2,4-7,10,12-13H,3,8-9,11H2,1H3. The van der Waals surface area contributed by atoms with Crippen LogP contribution >= 0.6 is 15.9 Å². The summed E-state index contributed by atoms with van der Waals surface area (Å²) in [5.41, 5.74) is 1.70. The molecular weight excluding hydrogens is 440 g/mol. The summed E-state index contributed by atoms with van der Waals surface area (Å²) in [5, 5.41) is 8.10. The van der Waals surface area contributed by atoms with E-state index in [1.165, 1.54) is 7.11 Å². The molecule has 0 bridgehead atoms. The molecule has 0 amide bonds. The van der Waals surface area contributed by atoms with Crippen molar-refractivity contribution >= 4 is 28.2 Å². The van der Waals surface area contributed by atoms with E-state index in [0.717, 1.165) is 10.8 Å². The lowest BCUT2D eigenvalue weighted by Crippen LogP contribution is -2.09. The number of aryl methyl sites for hydroxylation is 1. The number of hydrogen-bond donors (Lipinski definition) is 0. The lowest BCUT2D eigenvalue weighted by Gasteiger charge is -2.11. The number of nitrogens with zero attached hydrogens (tertiary/aromatic N) is 4. The number of aldehydes is 1. The number of rotatable bonds is 9. The Morgan fingerprint density at radius 1 is 1.28 bits per heavy atom. The van der Waals surface area contributed by atoms with Crippen LogP contribution in [0.25, 0.3) is 11.5 Å². The molecule has 2 heterocycles. The Morgan fingerprint density at radius 3 is 2.93 bits per heavy atom. The number of hydrogen-bond acceptors (Lipinski definition) is 7. The van der Waals surface area contributed by atoms with Crippen LogP contribution in [0.4, 0.5) is 0 Å². The second kappa shape index (κ2) is 9.92. The van der Waals surface area contributed by atoms with Gasteiger partial charge in [-0.1, -0.05) is 22.0 Å². The van der Waals surface area contributed by atoms with Gasteiger partial charge in [0.2, 0.25) is 0 Å². The molecule has 0 aliphatic rings. The van der Waals surface area contributed by atoms with Crippen molar-refractivity contribution in [3.63, 3.8) is 0 Å². The van der Waals surface area contributed by atoms with Gasteiger partial charge in [-0.3, -0.25) is 0 Å². The van der Waals surface area contributed by atoms with Crippen molar-refractivity contribution in [2.75, 3.05) is 13.7 Å². The Morgan fingerprint density at radius 2 is 2.14 bits per heavy atom. The molecule has 0 atom stereocenters. The van der Waals surface area contributed by atoms with E-state index in [-0.39, 0.29) is 6.42 Å². The van der Waals surface area contributed by atoms with E-state index in [1.54, 1.807) is 30.6 Å². The monoisotopic (exact) mass is 458 g/mol. The number of ether oxygens (including phenoxy) is 2. The van der Waals surface area contributed by atoms with Gasteiger partial charge in [0.05, 0.1) is 13.7 Å². The largest absolute Gasteiger partial charge is 0.493 e. The number of carbonyl (C=O) groups excluding carboxylic acids is 2. The molecule has 3 rings (SSSR count). The smallest absolute Gasteiger partial charge is 0.341 e. The molecule has 0 fully saturated rings. The van der Waals surface area contributed by atoms with Crippen LogP contribution in [0.3, 0.4) is 0 Å². The van der Waals surface area contributed by atoms with Gasteiger partial charge in [-0.25, -0.2) is 9.78 Å². The topological polar surface area (TPSA) is 96.2 Å². The van der Waals surface area contributed by atoms with Crippen molar-refractivity contribution in [3.8, 4) is 17.3 Å². The zero-order valence-electron chi connectivity index (χ0n) is 15.7. The Hall–Kier alpha value is -3.07. The van der Waals surface area contributed by atoms with Crippen LogP contribution in [0, 0.1) is 0 Å². The molecule has 0 aliphatic carbocycles. The van der Waals surface area contributed by atoms with E-state index in [1.807, 2.05) is 16.7 Å². The van der Waals surface area contributed by atoms with Crippen LogP contribution in [-0.2, 0) is 22.5 Å². The molecule has 0 N–H and O–H groups in total. The normalized spacial score (nSPS) is 10.6. The van der Waals surface area contributed by atoms with Gasteiger partial charge in [-0.15, -0.1) is 10.2 Å². The molecule has 0 aliphatic heterocycles. The molecule has 0 saturated carbocycles. The quantitative estimate of drug-likeness (QED) is 0.276. The summed E-state index contributed by atoms with van der Waals surface area (Å²) in [5.74, 6) is 0.632. The molecule has 9 heteroatoms. The van der Waals surface area contributed by atoms with Gasteiger partial charge >= 0.3 is 5.97 Å². The molecule has 0 saturated heterocycles. The summed E-state index contributed by atoms with van der Waals surface area (Å²) in [7, 11) is 1.33. The van der Waals surface area contributed by atoms with Gasteiger partial charge in [-0.2, -0.15) is 0 Å². The van der Waals surface area contributed by atoms with Crippen LogP contribution in [0.5, 0.6) is 5.75 Å². The third-order valence-electron chi connectivity index (χ3n) is 4.09. The van der Waals surface area contributed by atoms with Crippen LogP contribution in [0.1, 0.15) is 22.5 Å². The van der Waals surface area contributed by atoms with E-state index in [9.17, 15) is 9.59 Å². The molecule has 0 unspecified atom stereocenters. The SMILES string of the molecule is COC(=O)c1cc(Br)ccc1OCCCn1cnnc1-c1cccc(CC=O)n1. The summed E-state index contributed by atoms with van der Waals surface area (Å²) < 4.78 is 13.2. The summed E-state index contributed by atoms with van der Waals surface area (Å²) in [6.07, 6.45) is 3.36. The van der Waals surface area contributed by atoms with Gasteiger partial charge in [-0.05, 0) is 36.8 Å². The van der Waals surface area contributed by atoms with Crippen LogP contribution < -0.4 is 4.74 Å². The van der Waals surface area contributed by atoms with Crippen molar-refractivity contribution in [2.45, 2.75) is 19.4 Å². The second-order valence-corrected chi connectivity index (χ2v) is 6.98. The van der Waals surface area contributed by atoms with E-state index in [0.29, 0.717) is 48.1 Å².